The number of nitrogens with zero attached hydrogens (tertiary/aromatic N) is 4. The third-order valence-electron chi connectivity index (χ3n) is 8.92. The number of fused-ring (bicyclic) bond motifs is 3. The van der Waals surface area contributed by atoms with E-state index in [1.54, 1.807) is 12.1 Å². The molecule has 0 aliphatic heterocycles. The molecule has 198 valence electrons. The fourth-order valence-electron chi connectivity index (χ4n) is 7.06. The lowest BCUT2D eigenvalue weighted by molar-refractivity contribution is 0.104. The normalized spacial score (nSPS) is 24.0. The second kappa shape index (κ2) is 10.0. The zero-order valence-corrected chi connectivity index (χ0v) is 22.3. The molecule has 1 fully saturated rings. The van der Waals surface area contributed by atoms with Gasteiger partial charge in [-0.2, -0.15) is 0 Å². The summed E-state index contributed by atoms with van der Waals surface area (Å²) in [5.41, 5.74) is 4.87. The number of rotatable bonds is 7. The van der Waals surface area contributed by atoms with Gasteiger partial charge in [0.1, 0.15) is 5.82 Å². The fraction of sp³-hybridized carbons (Fsp3) is 0.394. The van der Waals surface area contributed by atoms with Crippen molar-refractivity contribution in [3.8, 4) is 22.6 Å². The van der Waals surface area contributed by atoms with Crippen LogP contribution in [0.3, 0.4) is 0 Å². The van der Waals surface area contributed by atoms with Gasteiger partial charge in [-0.05, 0) is 75.1 Å². The average molecular weight is 521 g/mol. The molecule has 3 aliphatic rings. The maximum Gasteiger partial charge on any atom is 0.203 e. The lowest BCUT2D eigenvalue weighted by Gasteiger charge is -2.51. The first kappa shape index (κ1) is 25.4. The highest BCUT2D eigenvalue weighted by atomic mass is 19.1. The zero-order chi connectivity index (χ0) is 27.1. The van der Waals surface area contributed by atoms with Gasteiger partial charge in [-0.1, -0.05) is 31.6 Å². The Hall–Kier alpha value is -3.85. The minimum atomic E-state index is -0.452. The molecule has 0 unspecified atom stereocenters. The maximum absolute atomic E-state index is 15.3. The number of pyridine rings is 1. The number of aliphatic hydroxyl groups is 1. The molecule has 6 rings (SSSR count). The summed E-state index contributed by atoms with van der Waals surface area (Å²) in [5.74, 6) is 0.864. The highest BCUT2D eigenvalue weighted by Gasteiger charge is 2.53. The Kier molecular flexibility index (Phi) is 6.54. The summed E-state index contributed by atoms with van der Waals surface area (Å²) < 4.78 is 15.3. The molecule has 0 radical (unpaired) electrons. The summed E-state index contributed by atoms with van der Waals surface area (Å²) >= 11 is 0. The zero-order valence-electron chi connectivity index (χ0n) is 22.3. The van der Waals surface area contributed by atoms with Gasteiger partial charge in [0.2, 0.25) is 5.70 Å². The number of hydrogen-bond acceptors (Lipinski definition) is 4. The van der Waals surface area contributed by atoms with Crippen molar-refractivity contribution in [1.82, 2.24) is 15.0 Å². The summed E-state index contributed by atoms with van der Waals surface area (Å²) in [6.07, 6.45) is 10.2. The van der Waals surface area contributed by atoms with Crippen LogP contribution in [0, 0.1) is 24.2 Å². The number of aliphatic hydroxyl groups excluding tert-OH is 1. The molecular weight excluding hydrogens is 487 g/mol. The summed E-state index contributed by atoms with van der Waals surface area (Å²) in [6, 6.07) is 10.8. The van der Waals surface area contributed by atoms with Crippen LogP contribution < -0.4 is 0 Å². The minimum Gasteiger partial charge on any atom is -0.523 e. The molecule has 3 aliphatic carbocycles. The molecule has 0 amide bonds. The van der Waals surface area contributed by atoms with E-state index in [-0.39, 0.29) is 23.4 Å². The van der Waals surface area contributed by atoms with Crippen LogP contribution in [0.25, 0.3) is 27.5 Å². The number of benzene rings is 1. The Labute approximate surface area is 229 Å². The molecule has 0 spiro atoms. The Morgan fingerprint density at radius 1 is 1.21 bits per heavy atom. The predicted octanol–water partition coefficient (Wildman–Crippen LogP) is 8.11. The van der Waals surface area contributed by atoms with Gasteiger partial charge in [-0.25, -0.2) is 19.2 Å². The van der Waals surface area contributed by atoms with E-state index in [9.17, 15) is 5.11 Å². The number of hydrogen-bond donors (Lipinski definition) is 1. The molecule has 2 aromatic heterocycles. The summed E-state index contributed by atoms with van der Waals surface area (Å²) in [5, 5.41) is 11.1. The van der Waals surface area contributed by atoms with Crippen LogP contribution >= 0.6 is 0 Å². The average Bonchev–Trinajstić information content (AvgIpc) is 3.80. The van der Waals surface area contributed by atoms with E-state index in [0.717, 1.165) is 54.6 Å². The van der Waals surface area contributed by atoms with E-state index < -0.39 is 5.41 Å². The van der Waals surface area contributed by atoms with E-state index >= 15 is 4.39 Å². The van der Waals surface area contributed by atoms with Crippen LogP contribution in [-0.4, -0.2) is 20.1 Å². The Morgan fingerprint density at radius 2 is 2.03 bits per heavy atom. The Morgan fingerprint density at radius 3 is 2.74 bits per heavy atom. The number of aromatic nitrogens is 3. The van der Waals surface area contributed by atoms with Gasteiger partial charge in [0, 0.05) is 45.8 Å². The van der Waals surface area contributed by atoms with Crippen LogP contribution in [0.15, 0.2) is 66.7 Å². The summed E-state index contributed by atoms with van der Waals surface area (Å²) in [7, 11) is 0. The van der Waals surface area contributed by atoms with E-state index in [1.807, 2.05) is 24.4 Å². The van der Waals surface area contributed by atoms with Gasteiger partial charge in [0.05, 0.1) is 23.7 Å². The quantitative estimate of drug-likeness (QED) is 0.252. The van der Waals surface area contributed by atoms with Gasteiger partial charge in [0.15, 0.2) is 5.82 Å². The molecule has 5 nitrogen and oxygen atoms in total. The van der Waals surface area contributed by atoms with Gasteiger partial charge in [-0.3, -0.25) is 4.98 Å². The first-order valence-corrected chi connectivity index (χ1v) is 14.0. The lowest BCUT2D eigenvalue weighted by atomic mass is 9.54. The van der Waals surface area contributed by atoms with E-state index in [2.05, 4.69) is 29.4 Å². The monoisotopic (exact) mass is 520 g/mol. The van der Waals surface area contributed by atoms with Gasteiger partial charge in [-0.15, -0.1) is 6.58 Å². The fourth-order valence-corrected chi connectivity index (χ4v) is 7.06. The first-order valence-electron chi connectivity index (χ1n) is 14.0. The first-order chi connectivity index (χ1) is 19.0. The lowest BCUT2D eigenvalue weighted by Crippen LogP contribution is -2.48. The van der Waals surface area contributed by atoms with Crippen molar-refractivity contribution in [1.29, 1.82) is 0 Å². The van der Waals surface area contributed by atoms with Gasteiger partial charge in [0.25, 0.3) is 0 Å². The third kappa shape index (κ3) is 4.25. The molecule has 1 saturated carbocycles. The molecule has 39 heavy (non-hydrogen) atoms. The Bertz CT molecular complexity index is 1520. The molecular formula is C33H33FN4O. The van der Waals surface area contributed by atoms with Crippen molar-refractivity contribution in [3.63, 3.8) is 0 Å². The second-order valence-corrected chi connectivity index (χ2v) is 11.2. The standard InChI is InChI=1S/C33H33FN4O/c1-4-8-22-25-14-13-24-29(23-9-6-7-10-26(23)34)37-32(21-15-17-36-27(18-21)20-11-12-20)38-31(24)33(25,16-5-2)19-28(35-3)30(22)39/h4,6-7,9-10,15,17-18,20,22,25,39H,1,5,8,11-14,16,19H2,2H3/t22-,25-,33-/m1/s1. The molecule has 0 saturated heterocycles. The number of allylic oxidation sites excluding steroid dienone is 3. The largest absolute Gasteiger partial charge is 0.523 e. The third-order valence-corrected chi connectivity index (χ3v) is 8.92. The van der Waals surface area contributed by atoms with E-state index in [1.165, 1.54) is 6.07 Å². The van der Waals surface area contributed by atoms with E-state index in [0.29, 0.717) is 48.0 Å². The molecule has 2 heterocycles. The van der Waals surface area contributed by atoms with Crippen LogP contribution in [0.4, 0.5) is 4.39 Å². The van der Waals surface area contributed by atoms with E-state index in [4.69, 9.17) is 16.5 Å². The van der Waals surface area contributed by atoms with Crippen LogP contribution in [0.2, 0.25) is 0 Å². The van der Waals surface area contributed by atoms with Crippen molar-refractivity contribution >= 4 is 0 Å². The summed E-state index contributed by atoms with van der Waals surface area (Å²) in [4.78, 5) is 18.7. The topological polar surface area (TPSA) is 63.3 Å². The smallest absolute Gasteiger partial charge is 0.203 e. The van der Waals surface area contributed by atoms with Crippen molar-refractivity contribution in [2.75, 3.05) is 0 Å². The van der Waals surface area contributed by atoms with Crippen molar-refractivity contribution in [3.05, 3.63) is 101 Å². The van der Waals surface area contributed by atoms with Crippen LogP contribution in [0.5, 0.6) is 0 Å². The highest BCUT2D eigenvalue weighted by molar-refractivity contribution is 5.70. The molecule has 3 aromatic rings. The Balaban J connectivity index is 1.63. The molecule has 6 heteroatoms. The molecule has 1 aromatic carbocycles. The number of halogens is 1. The van der Waals surface area contributed by atoms with Gasteiger partial charge >= 0.3 is 0 Å². The van der Waals surface area contributed by atoms with Gasteiger partial charge < -0.3 is 5.11 Å². The molecule has 0 bridgehead atoms. The van der Waals surface area contributed by atoms with Crippen LogP contribution in [0.1, 0.15) is 74.7 Å². The predicted molar refractivity (Wildman–Crippen MR) is 150 cm³/mol. The maximum atomic E-state index is 15.3. The molecule has 1 N–H and O–H groups in total. The van der Waals surface area contributed by atoms with Crippen molar-refractivity contribution in [2.45, 2.75) is 69.6 Å². The SMILES string of the molecule is [C-]#[N+]C1=C(O)[C@H](CC=C)[C@H]2CCc3c(-c4ccccc4F)nc(-c4ccnc(C5CC5)c4)nc3[C@]2(CCC)C1. The van der Waals surface area contributed by atoms with Crippen LogP contribution in [-0.2, 0) is 11.8 Å². The van der Waals surface area contributed by atoms with Crippen molar-refractivity contribution in [2.24, 2.45) is 11.8 Å². The van der Waals surface area contributed by atoms with Crippen molar-refractivity contribution < 1.29 is 9.50 Å². The minimum absolute atomic E-state index is 0.101. The molecule has 3 atom stereocenters. The highest BCUT2D eigenvalue weighted by Crippen LogP contribution is 2.57. The summed E-state index contributed by atoms with van der Waals surface area (Å²) in [6.45, 7) is 14.0. The second-order valence-electron chi connectivity index (χ2n) is 11.2.